The largest absolute Gasteiger partial charge is 0.339 e. The Kier molecular flexibility index (Phi) is 4.29. The van der Waals surface area contributed by atoms with Crippen LogP contribution in [0.5, 0.6) is 0 Å². The van der Waals surface area contributed by atoms with Crippen molar-refractivity contribution < 1.29 is 9.32 Å². The van der Waals surface area contributed by atoms with Crippen molar-refractivity contribution in [3.8, 4) is 0 Å². The minimum absolute atomic E-state index is 0.0254. The minimum Gasteiger partial charge on any atom is -0.339 e. The molecule has 1 aliphatic rings. The third-order valence-electron chi connectivity index (χ3n) is 4.44. The number of hydrogen-bond donors (Lipinski definition) is 0. The van der Waals surface area contributed by atoms with Gasteiger partial charge in [-0.3, -0.25) is 9.20 Å². The van der Waals surface area contributed by atoms with Crippen molar-refractivity contribution in [2.24, 2.45) is 5.92 Å². The normalized spacial score (nSPS) is 18.4. The van der Waals surface area contributed by atoms with Crippen LogP contribution in [0.4, 0.5) is 0 Å². The fourth-order valence-corrected chi connectivity index (χ4v) is 3.94. The van der Waals surface area contributed by atoms with Gasteiger partial charge in [0.15, 0.2) is 10.8 Å². The second-order valence-electron chi connectivity index (χ2n) is 6.96. The number of piperidine rings is 1. The van der Waals surface area contributed by atoms with E-state index in [0.29, 0.717) is 24.0 Å². The van der Waals surface area contributed by atoms with Crippen molar-refractivity contribution in [2.75, 3.05) is 13.1 Å². The molecule has 25 heavy (non-hydrogen) atoms. The number of amides is 1. The van der Waals surface area contributed by atoms with Gasteiger partial charge in [-0.05, 0) is 18.8 Å². The third-order valence-corrected chi connectivity index (χ3v) is 5.22. The summed E-state index contributed by atoms with van der Waals surface area (Å²) in [7, 11) is 0. The number of nitrogens with zero attached hydrogens (tertiary/aromatic N) is 5. The fraction of sp³-hybridized carbons (Fsp3) is 0.529. The van der Waals surface area contributed by atoms with E-state index in [0.717, 1.165) is 36.6 Å². The molecule has 0 N–H and O–H groups in total. The predicted octanol–water partition coefficient (Wildman–Crippen LogP) is 3.00. The summed E-state index contributed by atoms with van der Waals surface area (Å²) < 4.78 is 7.34. The van der Waals surface area contributed by atoms with Gasteiger partial charge in [0.05, 0.1) is 5.92 Å². The minimum atomic E-state index is -0.0254. The van der Waals surface area contributed by atoms with Gasteiger partial charge in [-0.1, -0.05) is 19.0 Å². The molecule has 132 valence electrons. The molecule has 0 aromatic carbocycles. The lowest BCUT2D eigenvalue weighted by molar-refractivity contribution is 0.0690. The summed E-state index contributed by atoms with van der Waals surface area (Å²) >= 11 is 1.52. The zero-order valence-electron chi connectivity index (χ0n) is 14.4. The van der Waals surface area contributed by atoms with Crippen LogP contribution in [0.2, 0.25) is 0 Å². The Labute approximate surface area is 149 Å². The number of carbonyl (C=O) groups is 1. The Balaban J connectivity index is 1.47. The van der Waals surface area contributed by atoms with Crippen LogP contribution in [0.25, 0.3) is 4.96 Å². The summed E-state index contributed by atoms with van der Waals surface area (Å²) in [6.07, 6.45) is 6.42. The molecule has 0 bridgehead atoms. The summed E-state index contributed by atoms with van der Waals surface area (Å²) in [4.78, 5) is 24.4. The lowest BCUT2D eigenvalue weighted by atomic mass is 9.97. The Bertz CT molecular complexity index is 852. The summed E-state index contributed by atoms with van der Waals surface area (Å²) in [5.41, 5.74) is 0.499. The van der Waals surface area contributed by atoms with E-state index in [-0.39, 0.29) is 11.8 Å². The first-order valence-electron chi connectivity index (χ1n) is 8.64. The lowest BCUT2D eigenvalue weighted by Crippen LogP contribution is -2.39. The van der Waals surface area contributed by atoms with Gasteiger partial charge in [0.25, 0.3) is 5.91 Å². The quantitative estimate of drug-likeness (QED) is 0.716. The molecule has 8 heteroatoms. The van der Waals surface area contributed by atoms with Crippen LogP contribution in [-0.4, -0.2) is 43.4 Å². The van der Waals surface area contributed by atoms with Gasteiger partial charge >= 0.3 is 0 Å². The number of thiazole rings is 1. The highest BCUT2D eigenvalue weighted by atomic mass is 32.1. The Hall–Kier alpha value is -2.22. The molecule has 7 nitrogen and oxygen atoms in total. The SMILES string of the molecule is CC(C)Cc1noc(C2CCCN(C(=O)c3cn4ccsc4n3)C2)n1. The lowest BCUT2D eigenvalue weighted by Gasteiger charge is -2.30. The predicted molar refractivity (Wildman–Crippen MR) is 93.8 cm³/mol. The van der Waals surface area contributed by atoms with Gasteiger partial charge in [-0.2, -0.15) is 4.98 Å². The molecule has 0 spiro atoms. The first kappa shape index (κ1) is 16.3. The summed E-state index contributed by atoms with van der Waals surface area (Å²) in [6, 6.07) is 0. The van der Waals surface area contributed by atoms with Crippen LogP contribution in [0.3, 0.4) is 0 Å². The van der Waals surface area contributed by atoms with Crippen molar-refractivity contribution in [2.45, 2.75) is 39.0 Å². The molecule has 3 aromatic heterocycles. The molecule has 1 aliphatic heterocycles. The molecule has 1 saturated heterocycles. The molecule has 0 radical (unpaired) electrons. The number of hydrogen-bond acceptors (Lipinski definition) is 6. The molecule has 0 saturated carbocycles. The highest BCUT2D eigenvalue weighted by Gasteiger charge is 2.30. The second kappa shape index (κ2) is 6.59. The molecule has 1 fully saturated rings. The number of rotatable bonds is 4. The highest BCUT2D eigenvalue weighted by Crippen LogP contribution is 2.27. The number of aromatic nitrogens is 4. The van der Waals surface area contributed by atoms with E-state index >= 15 is 0 Å². The van der Waals surface area contributed by atoms with Crippen LogP contribution >= 0.6 is 11.3 Å². The number of likely N-dealkylation sites (tertiary alicyclic amines) is 1. The van der Waals surface area contributed by atoms with Gasteiger partial charge in [0, 0.05) is 37.3 Å². The summed E-state index contributed by atoms with van der Waals surface area (Å²) in [6.45, 7) is 5.61. The zero-order valence-corrected chi connectivity index (χ0v) is 15.2. The monoisotopic (exact) mass is 359 g/mol. The van der Waals surface area contributed by atoms with Crippen LogP contribution < -0.4 is 0 Å². The standard InChI is InChI=1S/C17H21N5O2S/c1-11(2)8-14-19-15(24-20-14)12-4-3-5-21(9-12)16(23)13-10-22-6-7-25-17(22)18-13/h6-7,10-12H,3-5,8-9H2,1-2H3. The van der Waals surface area contributed by atoms with E-state index < -0.39 is 0 Å². The molecule has 3 aromatic rings. The average Bonchev–Trinajstić information content (AvgIpc) is 3.29. The van der Waals surface area contributed by atoms with Gasteiger partial charge in [-0.25, -0.2) is 4.98 Å². The molecule has 4 rings (SSSR count). The fourth-order valence-electron chi connectivity index (χ4n) is 3.24. The number of carbonyl (C=O) groups excluding carboxylic acids is 1. The average molecular weight is 359 g/mol. The van der Waals surface area contributed by atoms with E-state index in [9.17, 15) is 4.79 Å². The third kappa shape index (κ3) is 3.30. The molecular weight excluding hydrogens is 338 g/mol. The highest BCUT2D eigenvalue weighted by molar-refractivity contribution is 7.15. The molecule has 0 aliphatic carbocycles. The van der Waals surface area contributed by atoms with E-state index in [4.69, 9.17) is 4.52 Å². The Morgan fingerprint density at radius 1 is 1.44 bits per heavy atom. The smallest absolute Gasteiger partial charge is 0.274 e. The van der Waals surface area contributed by atoms with E-state index in [1.54, 1.807) is 6.20 Å². The van der Waals surface area contributed by atoms with Crippen LogP contribution in [0.15, 0.2) is 22.3 Å². The van der Waals surface area contributed by atoms with Gasteiger partial charge < -0.3 is 9.42 Å². The summed E-state index contributed by atoms with van der Waals surface area (Å²) in [5, 5.41) is 6.03. The molecule has 1 atom stereocenters. The van der Waals surface area contributed by atoms with Crippen LogP contribution in [0, 0.1) is 5.92 Å². The Morgan fingerprint density at radius 2 is 2.32 bits per heavy atom. The van der Waals surface area contributed by atoms with Crippen LogP contribution in [0.1, 0.15) is 54.8 Å². The first-order chi connectivity index (χ1) is 12.1. The van der Waals surface area contributed by atoms with Crippen molar-refractivity contribution in [3.05, 3.63) is 35.2 Å². The molecule has 1 amide bonds. The molecule has 1 unspecified atom stereocenters. The van der Waals surface area contributed by atoms with Crippen molar-refractivity contribution in [1.82, 2.24) is 24.4 Å². The maximum Gasteiger partial charge on any atom is 0.274 e. The van der Waals surface area contributed by atoms with E-state index in [2.05, 4.69) is 29.0 Å². The van der Waals surface area contributed by atoms with Crippen molar-refractivity contribution in [3.63, 3.8) is 0 Å². The number of fused-ring (bicyclic) bond motifs is 1. The molecule has 4 heterocycles. The van der Waals surface area contributed by atoms with Gasteiger partial charge in [0.2, 0.25) is 5.89 Å². The first-order valence-corrected chi connectivity index (χ1v) is 9.52. The van der Waals surface area contributed by atoms with E-state index in [1.165, 1.54) is 11.3 Å². The van der Waals surface area contributed by atoms with E-state index in [1.807, 2.05) is 20.9 Å². The maximum absolute atomic E-state index is 12.8. The number of imidazole rings is 1. The van der Waals surface area contributed by atoms with Gasteiger partial charge in [-0.15, -0.1) is 11.3 Å². The maximum atomic E-state index is 12.8. The van der Waals surface area contributed by atoms with Crippen LogP contribution in [-0.2, 0) is 6.42 Å². The molecular formula is C17H21N5O2S. The van der Waals surface area contributed by atoms with Crippen molar-refractivity contribution in [1.29, 1.82) is 0 Å². The van der Waals surface area contributed by atoms with Gasteiger partial charge in [0.1, 0.15) is 5.69 Å². The Morgan fingerprint density at radius 3 is 3.12 bits per heavy atom. The summed E-state index contributed by atoms with van der Waals surface area (Å²) in [5.74, 6) is 1.98. The van der Waals surface area contributed by atoms with Crippen molar-refractivity contribution >= 4 is 22.2 Å². The topological polar surface area (TPSA) is 76.5 Å². The zero-order chi connectivity index (χ0) is 17.4. The second-order valence-corrected chi connectivity index (χ2v) is 7.83.